The smallest absolute Gasteiger partial charge is 0.411 e. The average molecular weight is 158 g/mol. The maximum absolute atomic E-state index is 10.2. The first-order valence-electron chi connectivity index (χ1n) is 2.81. The second kappa shape index (κ2) is 11.2. The van der Waals surface area contributed by atoms with Crippen molar-refractivity contribution in [2.45, 2.75) is 6.92 Å². The molecule has 5 nitrogen and oxygen atoms in total. The number of isocyanates is 1. The highest BCUT2D eigenvalue weighted by Gasteiger charge is 1.91. The molecule has 0 bridgehead atoms. The molecule has 0 heterocycles. The summed E-state index contributed by atoms with van der Waals surface area (Å²) in [6.45, 7) is 5.40. The molecule has 0 spiro atoms. The number of hydrogen-bond donors (Lipinski definition) is 2. The van der Waals surface area contributed by atoms with E-state index in [1.165, 1.54) is 6.20 Å². The lowest BCUT2D eigenvalue weighted by atomic mass is 10.8. The van der Waals surface area contributed by atoms with Gasteiger partial charge in [0.25, 0.3) is 0 Å². The molecule has 0 saturated carbocycles. The van der Waals surface area contributed by atoms with Crippen LogP contribution in [0.15, 0.2) is 12.8 Å². The Hall–Kier alpha value is -1.61. The molecule has 0 fully saturated rings. The summed E-state index contributed by atoms with van der Waals surface area (Å²) in [7, 11) is 0. The van der Waals surface area contributed by atoms with Crippen LogP contribution in [0.4, 0.5) is 4.79 Å². The van der Waals surface area contributed by atoms with Gasteiger partial charge in [0.15, 0.2) is 0 Å². The number of nitrogens with one attached hydrogen (secondary N) is 2. The second-order valence-corrected chi connectivity index (χ2v) is 1.17. The fourth-order valence-corrected chi connectivity index (χ4v) is 0.256. The fraction of sp³-hybridized carbons (Fsp3) is 0.333. The van der Waals surface area contributed by atoms with Crippen LogP contribution in [0.1, 0.15) is 6.92 Å². The molecule has 11 heavy (non-hydrogen) atoms. The second-order valence-electron chi connectivity index (χ2n) is 1.17. The third kappa shape index (κ3) is 17.8. The normalized spacial score (nSPS) is 6.27. The standard InChI is InChI=1S/C5H9NO2.CHNO/c1-3-6-5(7)8-4-2;2-1-3/h3H,1,4H2,2H3,(H,6,7);2H. The minimum Gasteiger partial charge on any atom is -0.450 e. The maximum atomic E-state index is 10.2. The lowest BCUT2D eigenvalue weighted by Gasteiger charge is -1.96. The first-order chi connectivity index (χ1) is 5.22. The van der Waals surface area contributed by atoms with Gasteiger partial charge >= 0.3 is 6.09 Å². The zero-order valence-corrected chi connectivity index (χ0v) is 6.22. The van der Waals surface area contributed by atoms with Gasteiger partial charge < -0.3 is 4.74 Å². The Bertz CT molecular complexity index is 150. The van der Waals surface area contributed by atoms with Crippen LogP contribution < -0.4 is 5.32 Å². The third-order valence-electron chi connectivity index (χ3n) is 0.495. The quantitative estimate of drug-likeness (QED) is 0.460. The highest BCUT2D eigenvalue weighted by Crippen LogP contribution is 1.73. The fourth-order valence-electron chi connectivity index (χ4n) is 0.256. The van der Waals surface area contributed by atoms with Crippen LogP contribution in [0.3, 0.4) is 0 Å². The van der Waals surface area contributed by atoms with Crippen LogP contribution in [0.25, 0.3) is 0 Å². The van der Waals surface area contributed by atoms with E-state index in [9.17, 15) is 4.79 Å². The van der Waals surface area contributed by atoms with Gasteiger partial charge in [0.05, 0.1) is 6.61 Å². The summed E-state index contributed by atoms with van der Waals surface area (Å²) in [4.78, 5) is 18.6. The molecule has 0 aliphatic rings. The van der Waals surface area contributed by atoms with Crippen molar-refractivity contribution < 1.29 is 14.3 Å². The van der Waals surface area contributed by atoms with Crippen molar-refractivity contribution in [2.75, 3.05) is 6.61 Å². The van der Waals surface area contributed by atoms with Gasteiger partial charge in [0.2, 0.25) is 6.08 Å². The maximum Gasteiger partial charge on any atom is 0.411 e. The summed E-state index contributed by atoms with van der Waals surface area (Å²) in [5.74, 6) is 0. The van der Waals surface area contributed by atoms with Crippen molar-refractivity contribution in [2.24, 2.45) is 0 Å². The van der Waals surface area contributed by atoms with Crippen LogP contribution in [0.5, 0.6) is 0 Å². The van der Waals surface area contributed by atoms with Gasteiger partial charge in [-0.3, -0.25) is 5.32 Å². The minimum absolute atomic E-state index is 0.389. The number of hydrogen-bond acceptors (Lipinski definition) is 4. The molecule has 0 atom stereocenters. The van der Waals surface area contributed by atoms with Crippen LogP contribution in [0.2, 0.25) is 0 Å². The molecule has 0 aliphatic heterocycles. The van der Waals surface area contributed by atoms with Gasteiger partial charge in [0, 0.05) is 0 Å². The van der Waals surface area contributed by atoms with E-state index in [1.54, 1.807) is 6.92 Å². The molecule has 2 N–H and O–H groups in total. The van der Waals surface area contributed by atoms with E-state index in [0.717, 1.165) is 6.08 Å². The number of carbonyl (C=O) groups excluding carboxylic acids is 2. The predicted octanol–water partition coefficient (Wildman–Crippen LogP) is 0.777. The number of rotatable bonds is 2. The highest BCUT2D eigenvalue weighted by atomic mass is 16.5. The Balaban J connectivity index is 0. The lowest BCUT2D eigenvalue weighted by Crippen LogP contribution is -2.17. The number of ether oxygens (including phenoxy) is 1. The summed E-state index contributed by atoms with van der Waals surface area (Å²) < 4.78 is 4.46. The van der Waals surface area contributed by atoms with Crippen LogP contribution >= 0.6 is 0 Å². The van der Waals surface area contributed by atoms with Crippen molar-refractivity contribution >= 4 is 12.2 Å². The van der Waals surface area contributed by atoms with E-state index in [4.69, 9.17) is 10.2 Å². The number of amides is 1. The Morgan fingerprint density at radius 1 is 1.91 bits per heavy atom. The summed E-state index contributed by atoms with van der Waals surface area (Å²) in [5.41, 5.74) is 0. The molecule has 0 unspecified atom stereocenters. The first kappa shape index (κ1) is 12.1. The van der Waals surface area contributed by atoms with Crippen LogP contribution in [-0.4, -0.2) is 18.8 Å². The topological polar surface area (TPSA) is 79.2 Å². The Morgan fingerprint density at radius 3 is 2.64 bits per heavy atom. The summed E-state index contributed by atoms with van der Waals surface area (Å²) in [6.07, 6.45) is 1.57. The van der Waals surface area contributed by atoms with Gasteiger partial charge in [-0.1, -0.05) is 6.58 Å². The molecule has 0 aromatic rings. The molecule has 0 aliphatic carbocycles. The Labute approximate surface area is 64.6 Å². The molecule has 1 amide bonds. The Morgan fingerprint density at radius 2 is 2.36 bits per heavy atom. The first-order valence-corrected chi connectivity index (χ1v) is 2.81. The number of alkyl carbamates (subject to hydrolysis) is 1. The van der Waals surface area contributed by atoms with E-state index >= 15 is 0 Å². The largest absolute Gasteiger partial charge is 0.450 e. The number of carbonyl (C=O) groups is 1. The predicted molar refractivity (Wildman–Crippen MR) is 38.8 cm³/mol. The third-order valence-corrected chi connectivity index (χ3v) is 0.495. The van der Waals surface area contributed by atoms with Crippen LogP contribution in [0, 0.1) is 5.41 Å². The van der Waals surface area contributed by atoms with Crippen molar-refractivity contribution in [3.63, 3.8) is 0 Å². The van der Waals surface area contributed by atoms with E-state index in [1.807, 2.05) is 0 Å². The zero-order chi connectivity index (χ0) is 9.11. The molecule has 0 aromatic carbocycles. The van der Waals surface area contributed by atoms with Crippen molar-refractivity contribution in [1.82, 2.24) is 5.32 Å². The summed E-state index contributed by atoms with van der Waals surface area (Å²) in [6, 6.07) is 0. The zero-order valence-electron chi connectivity index (χ0n) is 6.22. The molecular weight excluding hydrogens is 148 g/mol. The molecule has 0 rings (SSSR count). The van der Waals surface area contributed by atoms with Crippen molar-refractivity contribution in [3.05, 3.63) is 12.8 Å². The molecule has 0 radical (unpaired) electrons. The molecular formula is C6H10N2O3. The van der Waals surface area contributed by atoms with Crippen LogP contribution in [-0.2, 0) is 9.53 Å². The Kier molecular flexibility index (Phi) is 12.3. The monoisotopic (exact) mass is 158 g/mol. The van der Waals surface area contributed by atoms with Gasteiger partial charge in [-0.2, -0.15) is 0 Å². The molecule has 0 aromatic heterocycles. The molecule has 5 heteroatoms. The lowest BCUT2D eigenvalue weighted by molar-refractivity contribution is 0.156. The van der Waals surface area contributed by atoms with E-state index < -0.39 is 6.09 Å². The average Bonchev–Trinajstić information content (AvgIpc) is 1.90. The molecule has 0 saturated heterocycles. The van der Waals surface area contributed by atoms with Gasteiger partial charge in [-0.25, -0.2) is 15.0 Å². The van der Waals surface area contributed by atoms with Gasteiger partial charge in [-0.15, -0.1) is 0 Å². The molecule has 62 valence electrons. The summed E-state index contributed by atoms with van der Waals surface area (Å²) in [5, 5.41) is 7.65. The van der Waals surface area contributed by atoms with Gasteiger partial charge in [0.1, 0.15) is 0 Å². The SMILES string of the molecule is C=CNC(=O)OCC.N=C=O. The minimum atomic E-state index is -0.456. The van der Waals surface area contributed by atoms with E-state index in [2.05, 4.69) is 16.6 Å². The van der Waals surface area contributed by atoms with Gasteiger partial charge in [-0.05, 0) is 13.1 Å². The highest BCUT2D eigenvalue weighted by molar-refractivity contribution is 5.68. The van der Waals surface area contributed by atoms with E-state index in [-0.39, 0.29) is 0 Å². The summed E-state index contributed by atoms with van der Waals surface area (Å²) >= 11 is 0. The van der Waals surface area contributed by atoms with Crippen molar-refractivity contribution in [3.8, 4) is 0 Å². The van der Waals surface area contributed by atoms with Crippen molar-refractivity contribution in [1.29, 1.82) is 5.41 Å². The van der Waals surface area contributed by atoms with E-state index in [0.29, 0.717) is 6.61 Å².